The van der Waals surface area contributed by atoms with Crippen molar-refractivity contribution >= 4 is 28.8 Å². The quantitative estimate of drug-likeness (QED) is 0.636. The second-order valence-electron chi connectivity index (χ2n) is 6.20. The van der Waals surface area contributed by atoms with E-state index in [4.69, 9.17) is 0 Å². The van der Waals surface area contributed by atoms with Crippen molar-refractivity contribution in [3.05, 3.63) is 69.5 Å². The topological polar surface area (TPSA) is 64.0 Å². The minimum atomic E-state index is -0.180. The number of carbonyl (C=O) groups excluding carboxylic acids is 2. The van der Waals surface area contributed by atoms with E-state index in [0.29, 0.717) is 17.2 Å². The maximum absolute atomic E-state index is 12.3. The Morgan fingerprint density at radius 3 is 2.54 bits per heavy atom. The van der Waals surface area contributed by atoms with E-state index in [1.165, 1.54) is 11.3 Å². The number of nitrogens with one attached hydrogen (secondary N) is 1. The first-order chi connectivity index (χ1) is 12.5. The Bertz CT molecular complexity index is 912. The van der Waals surface area contributed by atoms with Crippen molar-refractivity contribution in [1.82, 2.24) is 9.78 Å². The molecule has 3 rings (SSSR count). The maximum Gasteiger partial charge on any atom is 0.225 e. The van der Waals surface area contributed by atoms with Gasteiger partial charge in [-0.05, 0) is 31.5 Å². The third kappa shape index (κ3) is 4.67. The summed E-state index contributed by atoms with van der Waals surface area (Å²) in [5.41, 5.74) is 1.94. The molecule has 2 aromatic heterocycles. The van der Waals surface area contributed by atoms with Crippen molar-refractivity contribution < 1.29 is 9.59 Å². The van der Waals surface area contributed by atoms with Crippen LogP contribution >= 0.6 is 11.3 Å². The van der Waals surface area contributed by atoms with E-state index in [9.17, 15) is 9.59 Å². The number of amides is 1. The molecule has 1 aromatic carbocycles. The third-order valence-electron chi connectivity index (χ3n) is 3.94. The van der Waals surface area contributed by atoms with Crippen molar-refractivity contribution in [2.45, 2.75) is 33.2 Å². The normalized spacial score (nSPS) is 10.7. The van der Waals surface area contributed by atoms with Gasteiger partial charge in [0, 0.05) is 23.8 Å². The predicted octanol–water partition coefficient (Wildman–Crippen LogP) is 4.21. The number of rotatable bonds is 7. The molecule has 0 unspecified atom stereocenters. The Labute approximate surface area is 156 Å². The molecular weight excluding hydrogens is 346 g/mol. The fraction of sp³-hybridized carbons (Fsp3) is 0.250. The minimum absolute atomic E-state index is 0.00669. The number of benzene rings is 1. The molecule has 0 aliphatic carbocycles. The largest absolute Gasteiger partial charge is 0.311 e. The first kappa shape index (κ1) is 18.1. The summed E-state index contributed by atoms with van der Waals surface area (Å²) in [6, 6.07) is 15.5. The highest BCUT2D eigenvalue weighted by Crippen LogP contribution is 2.18. The first-order valence-corrected chi connectivity index (χ1v) is 9.31. The molecule has 0 atom stereocenters. The molecule has 0 spiro atoms. The highest BCUT2D eigenvalue weighted by Gasteiger charge is 2.13. The average molecular weight is 367 g/mol. The van der Waals surface area contributed by atoms with Crippen LogP contribution in [0.25, 0.3) is 0 Å². The number of hydrogen-bond donors (Lipinski definition) is 1. The number of hydrogen-bond acceptors (Lipinski definition) is 4. The molecule has 1 N–H and O–H groups in total. The van der Waals surface area contributed by atoms with Crippen LogP contribution in [0.3, 0.4) is 0 Å². The van der Waals surface area contributed by atoms with Gasteiger partial charge >= 0.3 is 0 Å². The smallest absolute Gasteiger partial charge is 0.225 e. The zero-order valence-corrected chi connectivity index (χ0v) is 15.7. The summed E-state index contributed by atoms with van der Waals surface area (Å²) in [6.07, 6.45) is 0.364. The van der Waals surface area contributed by atoms with Crippen LogP contribution in [0.4, 0.5) is 5.82 Å². The molecule has 2 heterocycles. The summed E-state index contributed by atoms with van der Waals surface area (Å²) >= 11 is 1.46. The molecule has 0 aliphatic rings. The van der Waals surface area contributed by atoms with Gasteiger partial charge in [-0.15, -0.1) is 11.3 Å². The van der Waals surface area contributed by atoms with Crippen molar-refractivity contribution in [1.29, 1.82) is 0 Å². The van der Waals surface area contributed by atoms with Crippen LogP contribution in [0.1, 0.15) is 38.6 Å². The maximum atomic E-state index is 12.3. The summed E-state index contributed by atoms with van der Waals surface area (Å²) in [6.45, 7) is 4.43. The van der Waals surface area contributed by atoms with Crippen molar-refractivity contribution in [3.8, 4) is 0 Å². The molecule has 0 radical (unpaired) electrons. The lowest BCUT2D eigenvalue weighted by Crippen LogP contribution is -2.17. The van der Waals surface area contributed by atoms with E-state index in [1.807, 2.05) is 62.4 Å². The number of ketones is 1. The second-order valence-corrected chi connectivity index (χ2v) is 7.48. The van der Waals surface area contributed by atoms with Crippen LogP contribution in [-0.4, -0.2) is 21.5 Å². The van der Waals surface area contributed by atoms with Crippen LogP contribution < -0.4 is 5.32 Å². The Morgan fingerprint density at radius 2 is 1.85 bits per heavy atom. The van der Waals surface area contributed by atoms with Gasteiger partial charge in [-0.1, -0.05) is 30.3 Å². The Kier molecular flexibility index (Phi) is 5.63. The lowest BCUT2D eigenvalue weighted by Gasteiger charge is -2.09. The van der Waals surface area contributed by atoms with Gasteiger partial charge in [-0.25, -0.2) is 4.68 Å². The lowest BCUT2D eigenvalue weighted by atomic mass is 10.2. The highest BCUT2D eigenvalue weighted by atomic mass is 32.1. The number of thiophene rings is 1. The van der Waals surface area contributed by atoms with Crippen LogP contribution in [0.5, 0.6) is 0 Å². The summed E-state index contributed by atoms with van der Waals surface area (Å²) in [7, 11) is 0. The fourth-order valence-electron chi connectivity index (χ4n) is 2.66. The van der Waals surface area contributed by atoms with Gasteiger partial charge in [0.05, 0.1) is 17.1 Å². The number of aromatic nitrogens is 2. The van der Waals surface area contributed by atoms with Crippen LogP contribution in [0.2, 0.25) is 0 Å². The van der Waals surface area contributed by atoms with Gasteiger partial charge in [0.25, 0.3) is 0 Å². The summed E-state index contributed by atoms with van der Waals surface area (Å²) in [5, 5.41) is 7.32. The van der Waals surface area contributed by atoms with Gasteiger partial charge in [-0.2, -0.15) is 5.10 Å². The number of Topliss-reactive ketones (excluding diaryl/α,β-unsaturated/α-hetero) is 1. The van der Waals surface area contributed by atoms with Gasteiger partial charge in [0.2, 0.25) is 5.91 Å². The lowest BCUT2D eigenvalue weighted by molar-refractivity contribution is -0.116. The molecule has 0 aliphatic heterocycles. The zero-order valence-electron chi connectivity index (χ0n) is 14.9. The van der Waals surface area contributed by atoms with Crippen molar-refractivity contribution in [3.63, 3.8) is 0 Å². The van der Waals surface area contributed by atoms with Gasteiger partial charge in [0.1, 0.15) is 5.82 Å². The molecule has 1 amide bonds. The van der Waals surface area contributed by atoms with E-state index in [2.05, 4.69) is 10.4 Å². The molecule has 0 saturated carbocycles. The second kappa shape index (κ2) is 8.10. The fourth-order valence-corrected chi connectivity index (χ4v) is 3.50. The van der Waals surface area contributed by atoms with Gasteiger partial charge in [-0.3, -0.25) is 9.59 Å². The molecule has 6 heteroatoms. The van der Waals surface area contributed by atoms with Crippen molar-refractivity contribution in [2.75, 3.05) is 5.32 Å². The number of anilines is 1. The Hall–Kier alpha value is -2.73. The third-order valence-corrected chi connectivity index (χ3v) is 4.98. The van der Waals surface area contributed by atoms with E-state index in [-0.39, 0.29) is 24.5 Å². The van der Waals surface area contributed by atoms with Crippen molar-refractivity contribution in [2.24, 2.45) is 0 Å². The highest BCUT2D eigenvalue weighted by molar-refractivity contribution is 7.14. The van der Waals surface area contributed by atoms with Crippen LogP contribution in [0, 0.1) is 13.8 Å². The summed E-state index contributed by atoms with van der Waals surface area (Å²) in [5.74, 6) is 0.476. The molecule has 134 valence electrons. The monoisotopic (exact) mass is 367 g/mol. The van der Waals surface area contributed by atoms with Gasteiger partial charge < -0.3 is 5.32 Å². The first-order valence-electron chi connectivity index (χ1n) is 8.49. The van der Waals surface area contributed by atoms with E-state index >= 15 is 0 Å². The zero-order chi connectivity index (χ0) is 18.5. The van der Waals surface area contributed by atoms with E-state index in [0.717, 1.165) is 16.1 Å². The number of nitrogens with zero attached hydrogens (tertiary/aromatic N) is 2. The SMILES string of the molecule is Cc1cc(NC(=O)CCC(=O)c2ccc(C)s2)n(Cc2ccccc2)n1. The summed E-state index contributed by atoms with van der Waals surface area (Å²) < 4.78 is 1.77. The molecule has 0 saturated heterocycles. The standard InChI is InChI=1S/C20H21N3O2S/c1-14-12-19(23(22-14)13-16-6-4-3-5-7-16)21-20(25)11-9-17(24)18-10-8-15(2)26-18/h3-8,10,12H,9,11,13H2,1-2H3,(H,21,25). The number of carbonyl (C=O) groups is 2. The average Bonchev–Trinajstić information content (AvgIpc) is 3.19. The Balaban J connectivity index is 1.60. The predicted molar refractivity (Wildman–Crippen MR) is 104 cm³/mol. The molecule has 0 fully saturated rings. The minimum Gasteiger partial charge on any atom is -0.311 e. The molecule has 26 heavy (non-hydrogen) atoms. The van der Waals surface area contributed by atoms with Gasteiger partial charge in [0.15, 0.2) is 5.78 Å². The van der Waals surface area contributed by atoms with Crippen LogP contribution in [0.15, 0.2) is 48.5 Å². The Morgan fingerprint density at radius 1 is 1.08 bits per heavy atom. The molecule has 0 bridgehead atoms. The van der Waals surface area contributed by atoms with E-state index < -0.39 is 0 Å². The van der Waals surface area contributed by atoms with Crippen LogP contribution in [-0.2, 0) is 11.3 Å². The molecule has 3 aromatic rings. The molecule has 5 nitrogen and oxygen atoms in total. The number of aryl methyl sites for hydroxylation is 2. The molecular formula is C20H21N3O2S. The summed E-state index contributed by atoms with van der Waals surface area (Å²) in [4.78, 5) is 26.2. The van der Waals surface area contributed by atoms with E-state index in [1.54, 1.807) is 4.68 Å².